The minimum absolute atomic E-state index is 0.205. The fourth-order valence-corrected chi connectivity index (χ4v) is 1.74. The molecule has 0 aliphatic heterocycles. The highest BCUT2D eigenvalue weighted by Crippen LogP contribution is 2.15. The third-order valence-corrected chi connectivity index (χ3v) is 2.67. The molecule has 0 saturated heterocycles. The molecule has 2 aromatic rings. The minimum Gasteiger partial charge on any atom is -0.464 e. The number of halogens is 1. The van der Waals surface area contributed by atoms with E-state index in [2.05, 4.69) is 9.72 Å². The van der Waals surface area contributed by atoms with Crippen LogP contribution < -0.4 is 0 Å². The lowest BCUT2D eigenvalue weighted by Gasteiger charge is -1.98. The Bertz CT molecular complexity index is 604. The van der Waals surface area contributed by atoms with Crippen molar-refractivity contribution < 1.29 is 14.3 Å². The summed E-state index contributed by atoms with van der Waals surface area (Å²) in [5.41, 5.74) is 1.10. The summed E-state index contributed by atoms with van der Waals surface area (Å²) in [6.45, 7) is 0. The zero-order chi connectivity index (χ0) is 13.1. The van der Waals surface area contributed by atoms with Crippen LogP contribution in [0.4, 0.5) is 0 Å². The molecule has 0 atom stereocenters. The van der Waals surface area contributed by atoms with Crippen molar-refractivity contribution in [2.75, 3.05) is 7.11 Å². The quantitative estimate of drug-likeness (QED) is 0.684. The van der Waals surface area contributed by atoms with Crippen molar-refractivity contribution in [1.29, 1.82) is 0 Å². The van der Waals surface area contributed by atoms with Crippen molar-refractivity contribution in [3.8, 4) is 0 Å². The van der Waals surface area contributed by atoms with E-state index in [-0.39, 0.29) is 11.5 Å². The van der Waals surface area contributed by atoms with Crippen molar-refractivity contribution >= 4 is 23.4 Å². The van der Waals surface area contributed by atoms with Gasteiger partial charge in [0.25, 0.3) is 0 Å². The van der Waals surface area contributed by atoms with Gasteiger partial charge in [0.15, 0.2) is 5.78 Å². The maximum absolute atomic E-state index is 12.1. The maximum atomic E-state index is 12.1. The third kappa shape index (κ3) is 2.43. The number of nitrogens with one attached hydrogen (secondary N) is 1. The number of ether oxygens (including phenoxy) is 1. The third-order valence-electron chi connectivity index (χ3n) is 2.44. The molecular formula is C13H10ClNO3. The SMILES string of the molecule is COC(=O)c1cc(C(=O)c2cccc(Cl)c2)c[nH]1. The normalized spacial score (nSPS) is 10.1. The van der Waals surface area contributed by atoms with Gasteiger partial charge in [0.1, 0.15) is 5.69 Å². The highest BCUT2D eigenvalue weighted by molar-refractivity contribution is 6.31. The van der Waals surface area contributed by atoms with E-state index in [9.17, 15) is 9.59 Å². The topological polar surface area (TPSA) is 59.2 Å². The van der Waals surface area contributed by atoms with E-state index in [1.54, 1.807) is 24.3 Å². The Balaban J connectivity index is 2.29. The van der Waals surface area contributed by atoms with Gasteiger partial charge in [-0.25, -0.2) is 4.79 Å². The van der Waals surface area contributed by atoms with Gasteiger partial charge in [-0.1, -0.05) is 23.7 Å². The number of hydrogen-bond donors (Lipinski definition) is 1. The lowest BCUT2D eigenvalue weighted by atomic mass is 10.1. The molecule has 5 heteroatoms. The van der Waals surface area contributed by atoms with Gasteiger partial charge in [0, 0.05) is 22.3 Å². The van der Waals surface area contributed by atoms with Gasteiger partial charge in [-0.3, -0.25) is 4.79 Å². The molecule has 0 radical (unpaired) electrons. The Kier molecular flexibility index (Phi) is 3.48. The number of aromatic nitrogens is 1. The molecule has 18 heavy (non-hydrogen) atoms. The molecule has 2 rings (SSSR count). The smallest absolute Gasteiger partial charge is 0.354 e. The van der Waals surface area contributed by atoms with Gasteiger partial charge in [0.2, 0.25) is 0 Å². The maximum Gasteiger partial charge on any atom is 0.354 e. The first-order valence-corrected chi connectivity index (χ1v) is 5.56. The predicted molar refractivity (Wildman–Crippen MR) is 67.0 cm³/mol. The van der Waals surface area contributed by atoms with Gasteiger partial charge < -0.3 is 9.72 Å². The second-order valence-corrected chi connectivity index (χ2v) is 4.07. The molecule has 0 saturated carbocycles. The van der Waals surface area contributed by atoms with Gasteiger partial charge >= 0.3 is 5.97 Å². The van der Waals surface area contributed by atoms with Crippen molar-refractivity contribution in [1.82, 2.24) is 4.98 Å². The Labute approximate surface area is 109 Å². The van der Waals surface area contributed by atoms with Crippen LogP contribution in [0.2, 0.25) is 5.02 Å². The number of ketones is 1. The number of esters is 1. The molecule has 0 unspecified atom stereocenters. The van der Waals surface area contributed by atoms with E-state index in [0.717, 1.165) is 0 Å². The van der Waals surface area contributed by atoms with Crippen molar-refractivity contribution in [2.24, 2.45) is 0 Å². The number of carbonyl (C=O) groups is 2. The molecule has 92 valence electrons. The van der Waals surface area contributed by atoms with Crippen LogP contribution in [0.25, 0.3) is 0 Å². The summed E-state index contributed by atoms with van der Waals surface area (Å²) in [4.78, 5) is 26.0. The summed E-state index contributed by atoms with van der Waals surface area (Å²) in [7, 11) is 1.28. The average Bonchev–Trinajstić information content (AvgIpc) is 2.86. The summed E-state index contributed by atoms with van der Waals surface area (Å²) >= 11 is 5.82. The number of methoxy groups -OCH3 is 1. The Morgan fingerprint density at radius 3 is 2.67 bits per heavy atom. The van der Waals surface area contributed by atoms with E-state index in [1.165, 1.54) is 19.4 Å². The van der Waals surface area contributed by atoms with E-state index in [1.807, 2.05) is 0 Å². The highest BCUT2D eigenvalue weighted by Gasteiger charge is 2.14. The number of H-pyrrole nitrogens is 1. The molecule has 1 aromatic heterocycles. The second-order valence-electron chi connectivity index (χ2n) is 3.63. The molecule has 0 aliphatic rings. The molecule has 0 aliphatic carbocycles. The highest BCUT2D eigenvalue weighted by atomic mass is 35.5. The Morgan fingerprint density at radius 1 is 1.22 bits per heavy atom. The van der Waals surface area contributed by atoms with E-state index in [0.29, 0.717) is 16.1 Å². The average molecular weight is 264 g/mol. The summed E-state index contributed by atoms with van der Waals surface area (Å²) < 4.78 is 4.55. The van der Waals surface area contributed by atoms with Crippen LogP contribution in [0, 0.1) is 0 Å². The van der Waals surface area contributed by atoms with Crippen LogP contribution in [-0.4, -0.2) is 23.8 Å². The van der Waals surface area contributed by atoms with Gasteiger partial charge in [0.05, 0.1) is 7.11 Å². The molecule has 0 amide bonds. The monoisotopic (exact) mass is 263 g/mol. The first kappa shape index (κ1) is 12.4. The Hall–Kier alpha value is -2.07. The van der Waals surface area contributed by atoms with E-state index >= 15 is 0 Å². The summed E-state index contributed by atoms with van der Waals surface area (Å²) in [6, 6.07) is 8.08. The van der Waals surface area contributed by atoms with Crippen LogP contribution in [-0.2, 0) is 4.74 Å². The number of aromatic amines is 1. The molecule has 1 heterocycles. The van der Waals surface area contributed by atoms with Gasteiger partial charge in [-0.2, -0.15) is 0 Å². The molecule has 1 aromatic carbocycles. The van der Waals surface area contributed by atoms with Crippen LogP contribution in [0.3, 0.4) is 0 Å². The van der Waals surface area contributed by atoms with Crippen molar-refractivity contribution in [2.45, 2.75) is 0 Å². The molecule has 0 fully saturated rings. The lowest BCUT2D eigenvalue weighted by Crippen LogP contribution is -2.01. The van der Waals surface area contributed by atoms with Crippen LogP contribution in [0.15, 0.2) is 36.5 Å². The molecule has 1 N–H and O–H groups in total. The molecule has 0 bridgehead atoms. The zero-order valence-corrected chi connectivity index (χ0v) is 10.3. The zero-order valence-electron chi connectivity index (χ0n) is 9.57. The summed E-state index contributed by atoms with van der Waals surface area (Å²) in [5, 5.41) is 0.490. The Morgan fingerprint density at radius 2 is 2.00 bits per heavy atom. The van der Waals surface area contributed by atoms with E-state index < -0.39 is 5.97 Å². The number of rotatable bonds is 3. The number of hydrogen-bond acceptors (Lipinski definition) is 3. The first-order valence-electron chi connectivity index (χ1n) is 5.19. The van der Waals surface area contributed by atoms with Crippen LogP contribution in [0.1, 0.15) is 26.4 Å². The number of carbonyl (C=O) groups excluding carboxylic acids is 2. The predicted octanol–water partition coefficient (Wildman–Crippen LogP) is 2.69. The van der Waals surface area contributed by atoms with Crippen molar-refractivity contribution in [3.05, 3.63) is 58.4 Å². The van der Waals surface area contributed by atoms with Gasteiger partial charge in [-0.15, -0.1) is 0 Å². The summed E-state index contributed by atoms with van der Waals surface area (Å²) in [6.07, 6.45) is 1.47. The second kappa shape index (κ2) is 5.06. The fourth-order valence-electron chi connectivity index (χ4n) is 1.55. The van der Waals surface area contributed by atoms with Gasteiger partial charge in [-0.05, 0) is 18.2 Å². The molecular weight excluding hydrogens is 254 g/mol. The van der Waals surface area contributed by atoms with E-state index in [4.69, 9.17) is 11.6 Å². The minimum atomic E-state index is -0.514. The molecule has 0 spiro atoms. The first-order chi connectivity index (χ1) is 8.61. The fraction of sp³-hybridized carbons (Fsp3) is 0.0769. The number of benzene rings is 1. The summed E-state index contributed by atoms with van der Waals surface area (Å²) in [5.74, 6) is -0.718. The standard InChI is InChI=1S/C13H10ClNO3/c1-18-13(17)11-6-9(7-15-11)12(16)8-3-2-4-10(14)5-8/h2-7,15H,1H3. The van der Waals surface area contributed by atoms with Crippen LogP contribution >= 0.6 is 11.6 Å². The lowest BCUT2D eigenvalue weighted by molar-refractivity contribution is 0.0595. The largest absolute Gasteiger partial charge is 0.464 e. The molecule has 4 nitrogen and oxygen atoms in total. The van der Waals surface area contributed by atoms with Crippen molar-refractivity contribution in [3.63, 3.8) is 0 Å². The van der Waals surface area contributed by atoms with Crippen LogP contribution in [0.5, 0.6) is 0 Å².